The van der Waals surface area contributed by atoms with Crippen molar-refractivity contribution in [2.75, 3.05) is 0 Å². The number of rotatable bonds is 2. The van der Waals surface area contributed by atoms with Gasteiger partial charge in [-0.25, -0.2) is 4.98 Å². The summed E-state index contributed by atoms with van der Waals surface area (Å²) in [6, 6.07) is 18.3. The number of hydrogen-bond acceptors (Lipinski definition) is 1. The van der Waals surface area contributed by atoms with E-state index in [0.717, 1.165) is 28.1 Å². The van der Waals surface area contributed by atoms with Crippen LogP contribution in [0.15, 0.2) is 83.8 Å². The van der Waals surface area contributed by atoms with Crippen molar-refractivity contribution in [3.05, 3.63) is 102 Å². The minimum Gasteiger partial charge on any atom is -0.276 e. The summed E-state index contributed by atoms with van der Waals surface area (Å²) in [6.45, 7) is 11.0. The molecule has 0 saturated heterocycles. The first-order valence-electron chi connectivity index (χ1n) is 10.1. The second-order valence-corrected chi connectivity index (χ2v) is 8.80. The zero-order valence-corrected chi connectivity index (χ0v) is 17.5. The van der Waals surface area contributed by atoms with Crippen molar-refractivity contribution in [1.29, 1.82) is 0 Å². The van der Waals surface area contributed by atoms with Crippen molar-refractivity contribution in [3.63, 3.8) is 0 Å². The Morgan fingerprint density at radius 1 is 1.07 bits per heavy atom. The van der Waals surface area contributed by atoms with E-state index < -0.39 is 0 Å². The molecule has 0 spiro atoms. The number of benzene rings is 2. The molecule has 3 heteroatoms. The van der Waals surface area contributed by atoms with Crippen LogP contribution < -0.4 is 0 Å². The van der Waals surface area contributed by atoms with Gasteiger partial charge in [-0.15, -0.1) is 6.07 Å². The average molecular weight is 393 g/mol. The van der Waals surface area contributed by atoms with E-state index >= 15 is 0 Å². The Balaban J connectivity index is 1.64. The summed E-state index contributed by atoms with van der Waals surface area (Å²) in [5, 5.41) is 3.54. The van der Waals surface area contributed by atoms with Gasteiger partial charge in [-0.3, -0.25) is 8.99 Å². The van der Waals surface area contributed by atoms with Crippen LogP contribution in [0.25, 0.3) is 27.4 Å². The molecule has 0 bridgehead atoms. The fraction of sp³-hybridized carbons (Fsp3) is 0.148. The highest BCUT2D eigenvalue weighted by Gasteiger charge is 2.22. The first kappa shape index (κ1) is 18.4. The van der Waals surface area contributed by atoms with Gasteiger partial charge in [-0.1, -0.05) is 73.9 Å². The molecular weight excluding hydrogens is 368 g/mol. The number of fused-ring (bicyclic) bond motifs is 2. The van der Waals surface area contributed by atoms with E-state index in [-0.39, 0.29) is 5.41 Å². The van der Waals surface area contributed by atoms with Gasteiger partial charge in [-0.2, -0.15) is 0 Å². The van der Waals surface area contributed by atoms with E-state index in [1.807, 2.05) is 23.0 Å². The molecule has 3 nitrogen and oxygen atoms in total. The molecule has 0 N–H and O–H groups in total. The normalized spacial score (nSPS) is 14.6. The standard InChI is InChI=1S/C27H24N2O/c1-27(2,3)24-15-21(13-19-7-5-6-8-23(19)24)25-16-18(9-11-29(25)4)22-14-20-10-12-30-26(20)28-17-22/h5-17H,4H2,1-3H3. The van der Waals surface area contributed by atoms with Crippen LogP contribution in [0.3, 0.4) is 0 Å². The number of pyridine rings is 1. The van der Waals surface area contributed by atoms with Crippen LogP contribution in [-0.4, -0.2) is 16.3 Å². The highest BCUT2D eigenvalue weighted by Crippen LogP contribution is 2.36. The first-order chi connectivity index (χ1) is 14.4. The Morgan fingerprint density at radius 3 is 2.73 bits per heavy atom. The molecule has 30 heavy (non-hydrogen) atoms. The minimum atomic E-state index is 0.0372. The van der Waals surface area contributed by atoms with E-state index in [1.165, 1.54) is 16.3 Å². The maximum atomic E-state index is 5.38. The van der Waals surface area contributed by atoms with Gasteiger partial charge in [0.2, 0.25) is 6.26 Å². The van der Waals surface area contributed by atoms with Crippen LogP contribution >= 0.6 is 0 Å². The summed E-state index contributed by atoms with van der Waals surface area (Å²) in [7, 11) is 0. The average Bonchev–Trinajstić information content (AvgIpc) is 3.20. The van der Waals surface area contributed by atoms with Gasteiger partial charge in [0.25, 0.3) is 0 Å². The quantitative estimate of drug-likeness (QED) is 0.222. The topological polar surface area (TPSA) is 27.2 Å². The Kier molecular flexibility index (Phi) is 4.14. The summed E-state index contributed by atoms with van der Waals surface area (Å²) < 4.78 is 7.32. The Bertz CT molecular complexity index is 1350. The summed E-state index contributed by atoms with van der Waals surface area (Å²) in [5.41, 5.74) is 5.35. The van der Waals surface area contributed by atoms with Crippen LogP contribution in [-0.2, 0) is 5.41 Å². The molecule has 0 radical (unpaired) electrons. The Labute approximate surface area is 176 Å². The van der Waals surface area contributed by atoms with Gasteiger partial charge < -0.3 is 0 Å². The molecule has 1 aliphatic rings. The van der Waals surface area contributed by atoms with Crippen molar-refractivity contribution in [3.8, 4) is 0 Å². The van der Waals surface area contributed by atoms with Crippen LogP contribution in [0.1, 0.15) is 37.5 Å². The maximum absolute atomic E-state index is 5.38. The molecule has 148 valence electrons. The first-order valence-corrected chi connectivity index (χ1v) is 10.1. The van der Waals surface area contributed by atoms with E-state index in [4.69, 9.17) is 4.42 Å². The molecule has 2 aromatic carbocycles. The molecule has 0 amide bonds. The van der Waals surface area contributed by atoms with Crippen molar-refractivity contribution in [2.45, 2.75) is 26.2 Å². The van der Waals surface area contributed by atoms with Gasteiger partial charge in [0.15, 0.2) is 0 Å². The molecule has 4 aromatic rings. The lowest BCUT2D eigenvalue weighted by atomic mass is 9.81. The van der Waals surface area contributed by atoms with E-state index in [9.17, 15) is 0 Å². The zero-order chi connectivity index (χ0) is 20.9. The summed E-state index contributed by atoms with van der Waals surface area (Å²) in [5.74, 6) is 0. The van der Waals surface area contributed by atoms with E-state index in [0.29, 0.717) is 5.71 Å². The van der Waals surface area contributed by atoms with Crippen molar-refractivity contribution >= 4 is 34.2 Å². The lowest BCUT2D eigenvalue weighted by Gasteiger charge is -2.27. The van der Waals surface area contributed by atoms with Gasteiger partial charge in [0.1, 0.15) is 12.2 Å². The summed E-state index contributed by atoms with van der Waals surface area (Å²) in [4.78, 5) is 4.44. The molecule has 1 aliphatic heterocycles. The van der Waals surface area contributed by atoms with Gasteiger partial charge in [-0.05, 0) is 46.2 Å². The lowest BCUT2D eigenvalue weighted by Crippen LogP contribution is -2.17. The third kappa shape index (κ3) is 3.13. The molecular formula is C27H24N2O. The molecule has 3 heterocycles. The lowest BCUT2D eigenvalue weighted by molar-refractivity contribution is -0.417. The second-order valence-electron chi connectivity index (χ2n) is 8.80. The van der Waals surface area contributed by atoms with E-state index in [1.54, 1.807) is 6.26 Å². The number of hydrogen-bond donors (Lipinski definition) is 0. The SMILES string of the molecule is C=[N+]1C=CC(c2cn[c-]3[o+]ccc3c2)=C[C-]1c1cc(C(C)(C)C)c2ccccc2c1. The summed E-state index contributed by atoms with van der Waals surface area (Å²) in [6.07, 6.45) is 9.80. The van der Waals surface area contributed by atoms with Gasteiger partial charge >= 0.3 is 5.71 Å². The molecule has 0 aliphatic carbocycles. The smallest absolute Gasteiger partial charge is 0.276 e. The third-order valence-corrected chi connectivity index (χ3v) is 5.64. The number of furan rings is 1. The third-order valence-electron chi connectivity index (χ3n) is 5.64. The highest BCUT2D eigenvalue weighted by atomic mass is 16.3. The van der Waals surface area contributed by atoms with Crippen molar-refractivity contribution in [1.82, 2.24) is 4.98 Å². The highest BCUT2D eigenvalue weighted by molar-refractivity contribution is 5.89. The second kappa shape index (κ2) is 6.74. The van der Waals surface area contributed by atoms with Gasteiger partial charge in [0, 0.05) is 5.39 Å². The maximum Gasteiger partial charge on any atom is 0.375 e. The van der Waals surface area contributed by atoms with E-state index in [2.05, 4.69) is 87.1 Å². The van der Waals surface area contributed by atoms with Gasteiger partial charge in [0.05, 0.1) is 6.72 Å². The molecule has 0 fully saturated rings. The predicted octanol–water partition coefficient (Wildman–Crippen LogP) is 6.48. The molecule has 0 unspecified atom stereocenters. The zero-order valence-electron chi connectivity index (χ0n) is 17.5. The van der Waals surface area contributed by atoms with Crippen molar-refractivity contribution < 1.29 is 8.99 Å². The largest absolute Gasteiger partial charge is 0.375 e. The van der Waals surface area contributed by atoms with Crippen molar-refractivity contribution in [2.24, 2.45) is 0 Å². The van der Waals surface area contributed by atoms with Crippen LogP contribution in [0.5, 0.6) is 0 Å². The number of allylic oxidation sites excluding steroid dienone is 2. The summed E-state index contributed by atoms with van der Waals surface area (Å²) >= 11 is 0. The molecule has 0 atom stereocenters. The molecule has 5 rings (SSSR count). The number of nitrogens with zero attached hydrogens (tertiary/aromatic N) is 2. The minimum absolute atomic E-state index is 0.0372. The predicted molar refractivity (Wildman–Crippen MR) is 124 cm³/mol. The molecule has 0 saturated carbocycles. The van der Waals surface area contributed by atoms with Crippen LogP contribution in [0.2, 0.25) is 0 Å². The fourth-order valence-electron chi connectivity index (χ4n) is 4.05. The van der Waals surface area contributed by atoms with Crippen LogP contribution in [0, 0.1) is 6.04 Å². The monoisotopic (exact) mass is 392 g/mol. The molecule has 2 aromatic heterocycles. The fourth-order valence-corrected chi connectivity index (χ4v) is 4.05. The van der Waals surface area contributed by atoms with Crippen LogP contribution in [0.4, 0.5) is 0 Å². The Morgan fingerprint density at radius 2 is 1.90 bits per heavy atom. The number of aromatic nitrogens is 1. The Hall–Kier alpha value is -3.59.